The van der Waals surface area contributed by atoms with Gasteiger partial charge in [0.05, 0.1) is 16.7 Å². The standard InChI is InChI=1S/C24H26N2O4S/c1-17(2)30-20-13-11-18(12-14-20)16-25-23(27)10-5-15-26-21-8-3-6-19-7-4-9-22(24(19)21)31(26,28)29/h3-4,6-9,11-14,17H,5,10,15-16H2,1-2H3,(H,25,27). The summed E-state index contributed by atoms with van der Waals surface area (Å²) in [6.45, 7) is 4.64. The van der Waals surface area contributed by atoms with Gasteiger partial charge in [-0.15, -0.1) is 0 Å². The van der Waals surface area contributed by atoms with Gasteiger partial charge in [-0.1, -0.05) is 36.4 Å². The molecule has 0 saturated carbocycles. The first-order chi connectivity index (χ1) is 14.9. The number of benzene rings is 3. The Balaban J connectivity index is 1.32. The van der Waals surface area contributed by atoms with Crippen LogP contribution in [0.3, 0.4) is 0 Å². The molecule has 0 saturated heterocycles. The van der Waals surface area contributed by atoms with Crippen molar-refractivity contribution >= 4 is 32.4 Å². The molecule has 0 radical (unpaired) electrons. The van der Waals surface area contributed by atoms with E-state index >= 15 is 0 Å². The number of sulfonamides is 1. The summed E-state index contributed by atoms with van der Waals surface area (Å²) in [6, 6.07) is 18.5. The minimum atomic E-state index is -3.57. The summed E-state index contributed by atoms with van der Waals surface area (Å²) < 4.78 is 33.0. The predicted octanol–water partition coefficient (Wildman–Crippen LogP) is 4.23. The van der Waals surface area contributed by atoms with Crippen molar-refractivity contribution in [3.05, 3.63) is 66.2 Å². The molecule has 3 aromatic carbocycles. The average Bonchev–Trinajstić information content (AvgIpc) is 2.96. The molecule has 162 valence electrons. The topological polar surface area (TPSA) is 75.7 Å². The highest BCUT2D eigenvalue weighted by Gasteiger charge is 2.34. The lowest BCUT2D eigenvalue weighted by molar-refractivity contribution is -0.121. The lowest BCUT2D eigenvalue weighted by Crippen LogP contribution is -2.30. The Morgan fingerprint density at radius 3 is 2.45 bits per heavy atom. The number of hydrogen-bond donors (Lipinski definition) is 1. The minimum absolute atomic E-state index is 0.102. The van der Waals surface area contributed by atoms with Crippen LogP contribution in [0, 0.1) is 0 Å². The Bertz CT molecular complexity index is 1200. The summed E-state index contributed by atoms with van der Waals surface area (Å²) in [5.41, 5.74) is 1.67. The van der Waals surface area contributed by atoms with E-state index in [-0.39, 0.29) is 25.0 Å². The predicted molar refractivity (Wildman–Crippen MR) is 122 cm³/mol. The fourth-order valence-electron chi connectivity index (χ4n) is 3.83. The van der Waals surface area contributed by atoms with Gasteiger partial charge < -0.3 is 10.1 Å². The van der Waals surface area contributed by atoms with Crippen LogP contribution in [-0.2, 0) is 21.4 Å². The number of hydrogen-bond acceptors (Lipinski definition) is 4. The average molecular weight is 439 g/mol. The van der Waals surface area contributed by atoms with Gasteiger partial charge in [-0.3, -0.25) is 9.10 Å². The number of rotatable bonds is 8. The summed E-state index contributed by atoms with van der Waals surface area (Å²) in [6.07, 6.45) is 0.813. The molecular formula is C24H26N2O4S. The minimum Gasteiger partial charge on any atom is -0.491 e. The first-order valence-corrected chi connectivity index (χ1v) is 11.9. The lowest BCUT2D eigenvalue weighted by atomic mass is 10.1. The first kappa shape index (κ1) is 21.2. The van der Waals surface area contributed by atoms with Crippen LogP contribution >= 0.6 is 0 Å². The van der Waals surface area contributed by atoms with Gasteiger partial charge >= 0.3 is 0 Å². The zero-order chi connectivity index (χ0) is 22.0. The molecule has 1 aliphatic rings. The summed E-state index contributed by atoms with van der Waals surface area (Å²) in [4.78, 5) is 12.6. The third kappa shape index (κ3) is 4.37. The zero-order valence-electron chi connectivity index (χ0n) is 17.7. The second-order valence-electron chi connectivity index (χ2n) is 7.90. The Kier molecular flexibility index (Phi) is 5.87. The maximum Gasteiger partial charge on any atom is 0.265 e. The molecule has 0 atom stereocenters. The Hall–Kier alpha value is -3.06. The summed E-state index contributed by atoms with van der Waals surface area (Å²) >= 11 is 0. The van der Waals surface area contributed by atoms with Crippen LogP contribution in [0.5, 0.6) is 5.75 Å². The van der Waals surface area contributed by atoms with Gasteiger partial charge in [0.2, 0.25) is 5.91 Å². The molecule has 6 nitrogen and oxygen atoms in total. The van der Waals surface area contributed by atoms with Crippen molar-refractivity contribution in [3.8, 4) is 5.75 Å². The number of ether oxygens (including phenoxy) is 1. The largest absolute Gasteiger partial charge is 0.491 e. The number of carbonyl (C=O) groups excluding carboxylic acids is 1. The lowest BCUT2D eigenvalue weighted by Gasteiger charge is -2.18. The molecule has 1 N–H and O–H groups in total. The van der Waals surface area contributed by atoms with Crippen molar-refractivity contribution in [2.75, 3.05) is 10.8 Å². The Morgan fingerprint density at radius 2 is 1.74 bits per heavy atom. The monoisotopic (exact) mass is 438 g/mol. The van der Waals surface area contributed by atoms with Crippen LogP contribution in [0.4, 0.5) is 5.69 Å². The van der Waals surface area contributed by atoms with Crippen LogP contribution in [0.25, 0.3) is 10.8 Å². The third-order valence-electron chi connectivity index (χ3n) is 5.23. The summed E-state index contributed by atoms with van der Waals surface area (Å²) in [5.74, 6) is 0.697. The fraction of sp³-hybridized carbons (Fsp3) is 0.292. The molecule has 4 rings (SSSR count). The highest BCUT2D eigenvalue weighted by atomic mass is 32.2. The van der Waals surface area contributed by atoms with Crippen molar-refractivity contribution < 1.29 is 17.9 Å². The van der Waals surface area contributed by atoms with Crippen LogP contribution in [-0.4, -0.2) is 27.0 Å². The van der Waals surface area contributed by atoms with Gasteiger partial charge in [0, 0.05) is 24.9 Å². The molecule has 0 spiro atoms. The Labute approximate surface area is 182 Å². The smallest absolute Gasteiger partial charge is 0.265 e. The second-order valence-corrected chi connectivity index (χ2v) is 9.73. The number of amides is 1. The molecular weight excluding hydrogens is 412 g/mol. The van der Waals surface area contributed by atoms with E-state index in [2.05, 4.69) is 5.32 Å². The van der Waals surface area contributed by atoms with Gasteiger partial charge in [-0.2, -0.15) is 0 Å². The number of nitrogens with zero attached hydrogens (tertiary/aromatic N) is 1. The van der Waals surface area contributed by atoms with Crippen LogP contribution in [0.15, 0.2) is 65.6 Å². The van der Waals surface area contributed by atoms with E-state index in [1.54, 1.807) is 12.1 Å². The number of carbonyl (C=O) groups is 1. The van der Waals surface area contributed by atoms with Gasteiger partial charge in [0.25, 0.3) is 10.0 Å². The Morgan fingerprint density at radius 1 is 1.03 bits per heavy atom. The third-order valence-corrected chi connectivity index (χ3v) is 7.09. The van der Waals surface area contributed by atoms with E-state index in [1.165, 1.54) is 4.31 Å². The van der Waals surface area contributed by atoms with Crippen molar-refractivity contribution in [1.29, 1.82) is 0 Å². The van der Waals surface area contributed by atoms with E-state index in [9.17, 15) is 13.2 Å². The summed E-state index contributed by atoms with van der Waals surface area (Å²) in [7, 11) is -3.57. The van der Waals surface area contributed by atoms with Crippen LogP contribution in [0.2, 0.25) is 0 Å². The maximum absolute atomic E-state index is 13.0. The second kappa shape index (κ2) is 8.59. The molecule has 1 amide bonds. The molecule has 1 heterocycles. The highest BCUT2D eigenvalue weighted by molar-refractivity contribution is 7.93. The zero-order valence-corrected chi connectivity index (χ0v) is 18.5. The molecule has 0 bridgehead atoms. The van der Waals surface area contributed by atoms with E-state index in [0.717, 1.165) is 22.1 Å². The van der Waals surface area contributed by atoms with E-state index in [0.29, 0.717) is 23.5 Å². The van der Waals surface area contributed by atoms with Crippen molar-refractivity contribution in [3.63, 3.8) is 0 Å². The van der Waals surface area contributed by atoms with Gasteiger partial charge in [0.1, 0.15) is 5.75 Å². The van der Waals surface area contributed by atoms with Crippen molar-refractivity contribution in [2.24, 2.45) is 0 Å². The SMILES string of the molecule is CC(C)Oc1ccc(CNC(=O)CCCN2c3cccc4cccc(c34)S2(=O)=O)cc1. The first-order valence-electron chi connectivity index (χ1n) is 10.4. The number of nitrogens with one attached hydrogen (secondary N) is 1. The molecule has 0 fully saturated rings. The molecule has 1 aliphatic heterocycles. The quantitative estimate of drug-likeness (QED) is 0.571. The molecule has 3 aromatic rings. The maximum atomic E-state index is 13.0. The van der Waals surface area contributed by atoms with Gasteiger partial charge in [0.15, 0.2) is 0 Å². The van der Waals surface area contributed by atoms with Crippen molar-refractivity contribution in [1.82, 2.24) is 5.32 Å². The van der Waals surface area contributed by atoms with E-state index < -0.39 is 10.0 Å². The van der Waals surface area contributed by atoms with E-state index in [1.807, 2.05) is 62.4 Å². The van der Waals surface area contributed by atoms with Gasteiger partial charge in [-0.05, 0) is 55.5 Å². The highest BCUT2D eigenvalue weighted by Crippen LogP contribution is 2.41. The van der Waals surface area contributed by atoms with Gasteiger partial charge in [-0.25, -0.2) is 8.42 Å². The molecule has 0 unspecified atom stereocenters. The normalized spacial score (nSPS) is 14.2. The molecule has 31 heavy (non-hydrogen) atoms. The van der Waals surface area contributed by atoms with Crippen LogP contribution in [0.1, 0.15) is 32.3 Å². The molecule has 0 aromatic heterocycles. The summed E-state index contributed by atoms with van der Waals surface area (Å²) in [5, 5.41) is 4.56. The van der Waals surface area contributed by atoms with Crippen molar-refractivity contribution in [2.45, 2.75) is 44.2 Å². The fourth-order valence-corrected chi connectivity index (χ4v) is 5.58. The van der Waals surface area contributed by atoms with Crippen LogP contribution < -0.4 is 14.4 Å². The van der Waals surface area contributed by atoms with E-state index in [4.69, 9.17) is 4.74 Å². The molecule has 7 heteroatoms. The molecule has 0 aliphatic carbocycles. The number of anilines is 1.